The maximum atomic E-state index is 2.51. The molecule has 0 N–H and O–H groups in total. The van der Waals surface area contributed by atoms with Crippen LogP contribution in [0.4, 0.5) is 0 Å². The molecule has 4 aromatic carbocycles. The first-order valence-electron chi connectivity index (χ1n) is 8.31. The second kappa shape index (κ2) is 8.82. The fourth-order valence-electron chi connectivity index (χ4n) is 4.52. The van der Waals surface area contributed by atoms with E-state index in [1.165, 1.54) is 32.7 Å². The molecule has 0 heterocycles. The van der Waals surface area contributed by atoms with Gasteiger partial charge in [-0.25, -0.2) is 0 Å². The zero-order chi connectivity index (χ0) is 16.2. The SMILES string of the molecule is Cc1[cH-]c2ccccc2c1[Si](C)(C)c1c(C)[cH-]c2ccccc12.[Br-].[Br-].[Zr+4]. The van der Waals surface area contributed by atoms with Gasteiger partial charge in [-0.05, 0) is 0 Å². The third kappa shape index (κ3) is 3.68. The predicted molar refractivity (Wildman–Crippen MR) is 105 cm³/mol. The van der Waals surface area contributed by atoms with Gasteiger partial charge in [-0.2, -0.15) is 10.4 Å². The van der Waals surface area contributed by atoms with E-state index in [1.54, 1.807) is 10.4 Å². The van der Waals surface area contributed by atoms with Crippen molar-refractivity contribution in [3.05, 3.63) is 71.8 Å². The van der Waals surface area contributed by atoms with Crippen LogP contribution < -0.4 is 44.3 Å². The normalized spacial score (nSPS) is 10.9. The van der Waals surface area contributed by atoms with Gasteiger partial charge < -0.3 is 34.0 Å². The Morgan fingerprint density at radius 2 is 1.00 bits per heavy atom. The van der Waals surface area contributed by atoms with Crippen LogP contribution >= 0.6 is 0 Å². The Hall–Kier alpha value is -0.280. The van der Waals surface area contributed by atoms with E-state index in [9.17, 15) is 0 Å². The van der Waals surface area contributed by atoms with Gasteiger partial charge in [-0.15, -0.1) is 81.2 Å². The third-order valence-corrected chi connectivity index (χ3v) is 9.07. The summed E-state index contributed by atoms with van der Waals surface area (Å²) in [6.45, 7) is 9.59. The molecule has 0 aliphatic carbocycles. The summed E-state index contributed by atoms with van der Waals surface area (Å²) < 4.78 is 0. The number of hydrogen-bond acceptors (Lipinski definition) is 0. The number of rotatable bonds is 2. The van der Waals surface area contributed by atoms with Crippen molar-refractivity contribution in [1.29, 1.82) is 0 Å². The van der Waals surface area contributed by atoms with E-state index in [-0.39, 0.29) is 60.2 Å². The average Bonchev–Trinajstić information content (AvgIpc) is 3.02. The van der Waals surface area contributed by atoms with Crippen LogP contribution in [0.1, 0.15) is 11.1 Å². The predicted octanol–water partition coefficient (Wildman–Crippen LogP) is -1.12. The minimum Gasteiger partial charge on any atom is -1.00 e. The molecule has 4 aromatic rings. The summed E-state index contributed by atoms with van der Waals surface area (Å²) in [5.74, 6) is 0. The van der Waals surface area contributed by atoms with Gasteiger partial charge >= 0.3 is 26.2 Å². The van der Waals surface area contributed by atoms with Gasteiger partial charge in [0.2, 0.25) is 0 Å². The molecular formula is C22H22Br2SiZr. The van der Waals surface area contributed by atoms with Crippen molar-refractivity contribution in [2.45, 2.75) is 26.9 Å². The van der Waals surface area contributed by atoms with Gasteiger partial charge in [-0.1, -0.05) is 39.1 Å². The summed E-state index contributed by atoms with van der Waals surface area (Å²) in [5, 5.41) is 8.88. The average molecular weight is 566 g/mol. The van der Waals surface area contributed by atoms with Crippen molar-refractivity contribution in [3.8, 4) is 0 Å². The van der Waals surface area contributed by atoms with Gasteiger partial charge in [0.1, 0.15) is 0 Å². The summed E-state index contributed by atoms with van der Waals surface area (Å²) in [7, 11) is -1.77. The molecule has 0 radical (unpaired) electrons. The molecule has 0 aliphatic heterocycles. The van der Waals surface area contributed by atoms with Crippen molar-refractivity contribution >= 4 is 40.0 Å². The van der Waals surface area contributed by atoms with Gasteiger partial charge in [-0.3, -0.25) is 0 Å². The Bertz CT molecular complexity index is 945. The smallest absolute Gasteiger partial charge is 1.00 e. The van der Waals surface area contributed by atoms with E-state index in [1.807, 2.05) is 0 Å². The first kappa shape index (κ1) is 23.8. The molecule has 0 nitrogen and oxygen atoms in total. The summed E-state index contributed by atoms with van der Waals surface area (Å²) in [6.07, 6.45) is 0. The second-order valence-electron chi connectivity index (χ2n) is 7.20. The monoisotopic (exact) mass is 562 g/mol. The van der Waals surface area contributed by atoms with E-state index in [2.05, 4.69) is 87.6 Å². The Balaban J connectivity index is 0.00000113. The molecule has 132 valence electrons. The molecular weight excluding hydrogens is 543 g/mol. The van der Waals surface area contributed by atoms with E-state index in [0.29, 0.717) is 0 Å². The molecule has 0 unspecified atom stereocenters. The Morgan fingerprint density at radius 3 is 1.38 bits per heavy atom. The van der Waals surface area contributed by atoms with Gasteiger partial charge in [0, 0.05) is 8.07 Å². The molecule has 0 aliphatic rings. The zero-order valence-electron chi connectivity index (χ0n) is 15.5. The summed E-state index contributed by atoms with van der Waals surface area (Å²) in [5.41, 5.74) is 2.90. The molecule has 0 atom stereocenters. The van der Waals surface area contributed by atoms with Crippen molar-refractivity contribution in [3.63, 3.8) is 0 Å². The Kier molecular flexibility index (Phi) is 8.06. The molecule has 0 bridgehead atoms. The van der Waals surface area contributed by atoms with E-state index in [4.69, 9.17) is 0 Å². The number of benzene rings is 2. The number of hydrogen-bond donors (Lipinski definition) is 0. The van der Waals surface area contributed by atoms with Crippen LogP contribution in [-0.2, 0) is 26.2 Å². The maximum absolute atomic E-state index is 2.51. The molecule has 0 spiro atoms. The summed E-state index contributed by atoms with van der Waals surface area (Å²) >= 11 is 0. The summed E-state index contributed by atoms with van der Waals surface area (Å²) in [4.78, 5) is 0. The maximum Gasteiger partial charge on any atom is 4.00 e. The van der Waals surface area contributed by atoms with E-state index >= 15 is 0 Å². The zero-order valence-corrected chi connectivity index (χ0v) is 22.2. The fourth-order valence-corrected chi connectivity index (χ4v) is 8.69. The van der Waals surface area contributed by atoms with Gasteiger partial charge in [0.25, 0.3) is 0 Å². The standard InChI is InChI=1S/C22H22Si.2BrH.Zr/c1-15-13-17-9-5-7-11-19(17)21(15)23(3,4)22-16(2)14-18-10-6-8-12-20(18)22;;;/h5-14H,1-4H3;2*1H;/q-2;;;+4/p-2. The third-order valence-electron chi connectivity index (χ3n) is 5.24. The van der Waals surface area contributed by atoms with Crippen LogP contribution in [-0.4, -0.2) is 8.07 Å². The minimum absolute atomic E-state index is 0. The molecule has 0 fully saturated rings. The molecule has 0 aromatic heterocycles. The number of aryl methyl sites for hydroxylation is 2. The van der Waals surface area contributed by atoms with Gasteiger partial charge in [0.15, 0.2) is 0 Å². The van der Waals surface area contributed by atoms with Crippen molar-refractivity contribution in [2.75, 3.05) is 0 Å². The molecule has 0 amide bonds. The Morgan fingerprint density at radius 1 is 0.654 bits per heavy atom. The second-order valence-corrected chi connectivity index (χ2v) is 11.5. The largest absolute Gasteiger partial charge is 4.00 e. The van der Waals surface area contributed by atoms with Crippen molar-refractivity contribution in [1.82, 2.24) is 0 Å². The van der Waals surface area contributed by atoms with Crippen molar-refractivity contribution < 1.29 is 60.2 Å². The quantitative estimate of drug-likeness (QED) is 0.214. The van der Waals surface area contributed by atoms with Gasteiger partial charge in [0.05, 0.1) is 0 Å². The molecule has 4 rings (SSSR count). The molecule has 0 saturated heterocycles. The summed E-state index contributed by atoms with van der Waals surface area (Å²) in [6, 6.07) is 22.4. The van der Waals surface area contributed by atoms with E-state index in [0.717, 1.165) is 0 Å². The number of fused-ring (bicyclic) bond motifs is 2. The van der Waals surface area contributed by atoms with Crippen LogP contribution in [0.5, 0.6) is 0 Å². The fraction of sp³-hybridized carbons (Fsp3) is 0.182. The van der Waals surface area contributed by atoms with Crippen LogP contribution in [0.25, 0.3) is 21.5 Å². The minimum atomic E-state index is -1.77. The van der Waals surface area contributed by atoms with Crippen LogP contribution in [0.2, 0.25) is 13.1 Å². The first-order valence-corrected chi connectivity index (χ1v) is 11.3. The molecule has 4 heteroatoms. The van der Waals surface area contributed by atoms with Crippen LogP contribution in [0.3, 0.4) is 0 Å². The van der Waals surface area contributed by atoms with Crippen LogP contribution in [0.15, 0.2) is 60.7 Å². The first-order chi connectivity index (χ1) is 11.0. The van der Waals surface area contributed by atoms with E-state index < -0.39 is 8.07 Å². The Labute approximate surface area is 197 Å². The molecule has 0 saturated carbocycles. The topological polar surface area (TPSA) is 0 Å². The number of halogens is 2. The van der Waals surface area contributed by atoms with Crippen molar-refractivity contribution in [2.24, 2.45) is 0 Å². The molecule has 26 heavy (non-hydrogen) atoms. The van der Waals surface area contributed by atoms with Crippen LogP contribution in [0, 0.1) is 13.8 Å².